The molecule has 23 heavy (non-hydrogen) atoms. The maximum absolute atomic E-state index is 12.3. The van der Waals surface area contributed by atoms with Crippen LogP contribution in [0.2, 0.25) is 0 Å². The van der Waals surface area contributed by atoms with Crippen molar-refractivity contribution in [3.05, 3.63) is 68.0 Å². The Morgan fingerprint density at radius 2 is 1.87 bits per heavy atom. The average molecular weight is 432 g/mol. The SMILES string of the molecule is O=c1oc2c(Br)cc(Br)cc2cc1-c1ccc2cccnc2n1. The Balaban J connectivity index is 2.00. The van der Waals surface area contributed by atoms with E-state index in [9.17, 15) is 4.79 Å². The Bertz CT molecular complexity index is 1120. The first-order valence-corrected chi connectivity index (χ1v) is 8.35. The Labute approximate surface area is 147 Å². The van der Waals surface area contributed by atoms with Crippen LogP contribution in [0.5, 0.6) is 0 Å². The van der Waals surface area contributed by atoms with E-state index in [4.69, 9.17) is 4.42 Å². The van der Waals surface area contributed by atoms with Crippen molar-refractivity contribution in [2.45, 2.75) is 0 Å². The molecule has 0 saturated carbocycles. The van der Waals surface area contributed by atoms with Crippen LogP contribution in [0.4, 0.5) is 0 Å². The molecular formula is C17H8Br2N2O2. The first kappa shape index (κ1) is 14.5. The highest BCUT2D eigenvalue weighted by atomic mass is 79.9. The third-order valence-corrected chi connectivity index (χ3v) is 4.54. The van der Waals surface area contributed by atoms with Gasteiger partial charge in [-0.05, 0) is 58.4 Å². The number of hydrogen-bond donors (Lipinski definition) is 0. The predicted octanol–water partition coefficient (Wildman–Crippen LogP) is 4.93. The lowest BCUT2D eigenvalue weighted by atomic mass is 10.1. The Morgan fingerprint density at radius 3 is 2.74 bits per heavy atom. The van der Waals surface area contributed by atoms with E-state index in [1.165, 1.54) is 0 Å². The maximum atomic E-state index is 12.3. The number of halogens is 2. The summed E-state index contributed by atoms with van der Waals surface area (Å²) in [5, 5.41) is 1.73. The summed E-state index contributed by atoms with van der Waals surface area (Å²) < 4.78 is 7.08. The molecule has 6 heteroatoms. The van der Waals surface area contributed by atoms with Gasteiger partial charge in [-0.2, -0.15) is 0 Å². The van der Waals surface area contributed by atoms with E-state index in [-0.39, 0.29) is 0 Å². The third kappa shape index (κ3) is 2.58. The van der Waals surface area contributed by atoms with Gasteiger partial charge in [-0.3, -0.25) is 0 Å². The normalized spacial score (nSPS) is 11.2. The number of fused-ring (bicyclic) bond motifs is 2. The zero-order valence-electron chi connectivity index (χ0n) is 11.6. The van der Waals surface area contributed by atoms with Crippen LogP contribution in [0.25, 0.3) is 33.3 Å². The molecule has 4 rings (SSSR count). The zero-order chi connectivity index (χ0) is 16.0. The molecule has 0 aliphatic heterocycles. The molecule has 1 aromatic carbocycles. The van der Waals surface area contributed by atoms with Gasteiger partial charge >= 0.3 is 5.63 Å². The quantitative estimate of drug-likeness (QED) is 0.401. The fourth-order valence-corrected chi connectivity index (χ4v) is 3.78. The second kappa shape index (κ2) is 5.54. The van der Waals surface area contributed by atoms with Crippen molar-refractivity contribution >= 4 is 53.9 Å². The average Bonchev–Trinajstić information content (AvgIpc) is 2.54. The lowest BCUT2D eigenvalue weighted by molar-refractivity contribution is 0.561. The highest BCUT2D eigenvalue weighted by molar-refractivity contribution is 9.11. The van der Waals surface area contributed by atoms with Gasteiger partial charge < -0.3 is 4.42 Å². The van der Waals surface area contributed by atoms with Gasteiger partial charge in [-0.25, -0.2) is 14.8 Å². The predicted molar refractivity (Wildman–Crippen MR) is 96.4 cm³/mol. The van der Waals surface area contributed by atoms with Crippen LogP contribution in [0.15, 0.2) is 66.8 Å². The highest BCUT2D eigenvalue weighted by Gasteiger charge is 2.12. The summed E-state index contributed by atoms with van der Waals surface area (Å²) in [4.78, 5) is 21.0. The van der Waals surface area contributed by atoms with Gasteiger partial charge in [-0.15, -0.1) is 0 Å². The van der Waals surface area contributed by atoms with E-state index in [2.05, 4.69) is 41.8 Å². The summed E-state index contributed by atoms with van der Waals surface area (Å²) in [6.07, 6.45) is 1.68. The number of nitrogens with zero attached hydrogens (tertiary/aromatic N) is 2. The molecular weight excluding hydrogens is 424 g/mol. The first-order valence-electron chi connectivity index (χ1n) is 6.77. The minimum absolute atomic E-state index is 0.412. The van der Waals surface area contributed by atoms with Gasteiger partial charge in [0, 0.05) is 21.4 Å². The van der Waals surface area contributed by atoms with Gasteiger partial charge in [0.05, 0.1) is 15.7 Å². The Hall–Kier alpha value is -2.05. The minimum Gasteiger partial charge on any atom is -0.421 e. The van der Waals surface area contributed by atoms with E-state index in [0.717, 1.165) is 19.7 Å². The second-order valence-corrected chi connectivity index (χ2v) is 6.77. The second-order valence-electron chi connectivity index (χ2n) is 5.00. The molecule has 3 aromatic heterocycles. The van der Waals surface area contributed by atoms with Crippen molar-refractivity contribution in [3.8, 4) is 11.3 Å². The Morgan fingerprint density at radius 1 is 1.00 bits per heavy atom. The largest absolute Gasteiger partial charge is 0.421 e. The molecule has 0 spiro atoms. The van der Waals surface area contributed by atoms with Crippen LogP contribution in [0.1, 0.15) is 0 Å². The number of benzene rings is 1. The summed E-state index contributed by atoms with van der Waals surface area (Å²) in [5.41, 5.74) is 1.64. The van der Waals surface area contributed by atoms with Crippen LogP contribution in [-0.4, -0.2) is 9.97 Å². The van der Waals surface area contributed by atoms with Gasteiger partial charge in [0.25, 0.3) is 0 Å². The number of hydrogen-bond acceptors (Lipinski definition) is 4. The van der Waals surface area contributed by atoms with Crippen molar-refractivity contribution in [1.82, 2.24) is 9.97 Å². The molecule has 0 fully saturated rings. The summed E-state index contributed by atoms with van der Waals surface area (Å²) in [7, 11) is 0. The van der Waals surface area contributed by atoms with Crippen LogP contribution < -0.4 is 5.63 Å². The molecule has 0 radical (unpaired) electrons. The summed E-state index contributed by atoms with van der Waals surface area (Å²) in [6.45, 7) is 0. The maximum Gasteiger partial charge on any atom is 0.345 e. The minimum atomic E-state index is -0.427. The van der Waals surface area contributed by atoms with Crippen molar-refractivity contribution in [2.24, 2.45) is 0 Å². The molecule has 0 aliphatic rings. The number of pyridine rings is 2. The molecule has 4 nitrogen and oxygen atoms in total. The molecule has 0 unspecified atom stereocenters. The molecule has 3 heterocycles. The van der Waals surface area contributed by atoms with Gasteiger partial charge in [-0.1, -0.05) is 15.9 Å². The van der Waals surface area contributed by atoms with E-state index in [0.29, 0.717) is 22.5 Å². The summed E-state index contributed by atoms with van der Waals surface area (Å²) in [5.74, 6) is 0. The molecule has 0 bridgehead atoms. The van der Waals surface area contributed by atoms with Crippen molar-refractivity contribution in [2.75, 3.05) is 0 Å². The number of aromatic nitrogens is 2. The Kier molecular flexibility index (Phi) is 3.50. The fourth-order valence-electron chi connectivity index (χ4n) is 2.44. The summed E-state index contributed by atoms with van der Waals surface area (Å²) in [6, 6.07) is 13.0. The van der Waals surface area contributed by atoms with Gasteiger partial charge in [0.2, 0.25) is 0 Å². The third-order valence-electron chi connectivity index (χ3n) is 3.49. The van der Waals surface area contributed by atoms with E-state index in [1.807, 2.05) is 30.3 Å². The van der Waals surface area contributed by atoms with E-state index in [1.54, 1.807) is 18.3 Å². The van der Waals surface area contributed by atoms with Gasteiger partial charge in [0.15, 0.2) is 11.2 Å². The van der Waals surface area contributed by atoms with Crippen molar-refractivity contribution < 1.29 is 4.42 Å². The lowest BCUT2D eigenvalue weighted by Gasteiger charge is -2.05. The van der Waals surface area contributed by atoms with Crippen LogP contribution >= 0.6 is 31.9 Å². The van der Waals surface area contributed by atoms with Gasteiger partial charge in [0.1, 0.15) is 0 Å². The molecule has 0 aliphatic carbocycles. The standard InChI is InChI=1S/C17H8Br2N2O2/c18-11-6-10-7-12(17(22)23-15(10)13(19)8-11)14-4-3-9-2-1-5-20-16(9)21-14/h1-8H. The fraction of sp³-hybridized carbons (Fsp3) is 0. The number of rotatable bonds is 1. The summed E-state index contributed by atoms with van der Waals surface area (Å²) >= 11 is 6.85. The van der Waals surface area contributed by atoms with Crippen molar-refractivity contribution in [1.29, 1.82) is 0 Å². The molecule has 0 saturated heterocycles. The topological polar surface area (TPSA) is 56.0 Å². The van der Waals surface area contributed by atoms with E-state index >= 15 is 0 Å². The smallest absolute Gasteiger partial charge is 0.345 e. The monoisotopic (exact) mass is 430 g/mol. The molecule has 0 amide bonds. The molecule has 0 atom stereocenters. The zero-order valence-corrected chi connectivity index (χ0v) is 14.8. The van der Waals surface area contributed by atoms with Crippen LogP contribution in [0.3, 0.4) is 0 Å². The first-order chi connectivity index (χ1) is 11.1. The van der Waals surface area contributed by atoms with Crippen LogP contribution in [-0.2, 0) is 0 Å². The van der Waals surface area contributed by atoms with Crippen LogP contribution in [0, 0.1) is 0 Å². The highest BCUT2D eigenvalue weighted by Crippen LogP contribution is 2.29. The van der Waals surface area contributed by atoms with E-state index < -0.39 is 5.63 Å². The molecule has 0 N–H and O–H groups in total. The molecule has 112 valence electrons. The molecule has 4 aromatic rings. The lowest BCUT2D eigenvalue weighted by Crippen LogP contribution is -2.04. The van der Waals surface area contributed by atoms with Crippen molar-refractivity contribution in [3.63, 3.8) is 0 Å².